The van der Waals surface area contributed by atoms with Crippen molar-refractivity contribution in [1.29, 1.82) is 0 Å². The summed E-state index contributed by atoms with van der Waals surface area (Å²) < 4.78 is 10.2. The minimum Gasteiger partial charge on any atom is -0.438 e. The number of hydrogen-bond acceptors (Lipinski definition) is 4. The van der Waals surface area contributed by atoms with Gasteiger partial charge in [0.1, 0.15) is 0 Å². The molecule has 0 radical (unpaired) electrons. The first-order chi connectivity index (χ1) is 12.0. The summed E-state index contributed by atoms with van der Waals surface area (Å²) in [6, 6.07) is 17.7. The maximum absolute atomic E-state index is 12.0. The van der Waals surface area contributed by atoms with Crippen LogP contribution in [-0.4, -0.2) is 11.9 Å². The van der Waals surface area contributed by atoms with E-state index < -0.39 is 23.1 Å². The molecule has 0 N–H and O–H groups in total. The number of hydrogen-bond donors (Lipinski definition) is 0. The van der Waals surface area contributed by atoms with Crippen molar-refractivity contribution in [3.05, 3.63) is 83.4 Å². The number of benzene rings is 2. The molecular weight excluding hydrogens is 363 g/mol. The lowest BCUT2D eigenvalue weighted by Gasteiger charge is -2.12. The lowest BCUT2D eigenvalue weighted by Crippen LogP contribution is -2.11. The Labute approximate surface area is 156 Å². The Bertz CT molecular complexity index is 745. The topological polar surface area (TPSA) is 52.6 Å². The van der Waals surface area contributed by atoms with Crippen LogP contribution in [0.4, 0.5) is 0 Å². The van der Waals surface area contributed by atoms with Gasteiger partial charge >= 0.3 is 11.9 Å². The molecule has 0 saturated carbocycles. The smallest absolute Gasteiger partial charge is 0.335 e. The average molecular weight is 379 g/mol. The molecule has 0 spiro atoms. The molecule has 0 amide bonds. The van der Waals surface area contributed by atoms with E-state index in [1.165, 1.54) is 6.92 Å². The quantitative estimate of drug-likeness (QED) is 0.407. The van der Waals surface area contributed by atoms with Crippen molar-refractivity contribution in [2.24, 2.45) is 0 Å². The lowest BCUT2D eigenvalue weighted by atomic mass is 10.2. The van der Waals surface area contributed by atoms with Crippen LogP contribution in [0, 0.1) is 0 Å². The molecule has 2 aromatic rings. The number of carbonyl (C=O) groups excluding carboxylic acids is 2. The standard InChI is InChI=1S/C19H16Cl2O4/c1-13(19(23)25-18(21)15-10-6-3-7-11-15)12-16(22)24-17(20)14-8-4-2-5-9-14/h2-12,17-18H,1H3. The zero-order valence-corrected chi connectivity index (χ0v) is 14.9. The summed E-state index contributed by atoms with van der Waals surface area (Å²) >= 11 is 12.1. The monoisotopic (exact) mass is 378 g/mol. The molecule has 25 heavy (non-hydrogen) atoms. The Hall–Kier alpha value is -2.30. The third kappa shape index (κ3) is 5.93. The number of rotatable bonds is 6. The van der Waals surface area contributed by atoms with Crippen LogP contribution < -0.4 is 0 Å². The van der Waals surface area contributed by atoms with Crippen molar-refractivity contribution < 1.29 is 19.1 Å². The summed E-state index contributed by atoms with van der Waals surface area (Å²) in [5.41, 5.74) is -0.561. The van der Waals surface area contributed by atoms with Crippen LogP contribution in [0.3, 0.4) is 0 Å². The molecule has 0 bridgehead atoms. The summed E-state index contributed by atoms with van der Waals surface area (Å²) in [4.78, 5) is 23.9. The Kier molecular flexibility index (Phi) is 7.04. The van der Waals surface area contributed by atoms with Gasteiger partial charge in [-0.15, -0.1) is 0 Å². The van der Waals surface area contributed by atoms with E-state index in [0.717, 1.165) is 6.08 Å². The van der Waals surface area contributed by atoms with Crippen molar-refractivity contribution >= 4 is 35.1 Å². The van der Waals surface area contributed by atoms with Crippen LogP contribution in [0.1, 0.15) is 29.2 Å². The predicted octanol–water partition coefficient (Wildman–Crippen LogP) is 4.89. The molecule has 2 unspecified atom stereocenters. The normalized spacial score (nSPS) is 13.6. The molecule has 0 aliphatic heterocycles. The first kappa shape index (κ1) is 19.0. The van der Waals surface area contributed by atoms with Crippen molar-refractivity contribution in [3.8, 4) is 0 Å². The molecule has 6 heteroatoms. The maximum Gasteiger partial charge on any atom is 0.335 e. The highest BCUT2D eigenvalue weighted by molar-refractivity contribution is 6.21. The minimum atomic E-state index is -0.946. The summed E-state index contributed by atoms with van der Waals surface area (Å²) in [6.07, 6.45) is 1.02. The molecule has 4 nitrogen and oxygen atoms in total. The zero-order chi connectivity index (χ0) is 18.2. The highest BCUT2D eigenvalue weighted by Crippen LogP contribution is 2.24. The van der Waals surface area contributed by atoms with E-state index in [2.05, 4.69) is 0 Å². The van der Waals surface area contributed by atoms with Gasteiger partial charge in [0.05, 0.1) is 0 Å². The zero-order valence-electron chi connectivity index (χ0n) is 13.4. The van der Waals surface area contributed by atoms with Crippen LogP contribution in [-0.2, 0) is 19.1 Å². The van der Waals surface area contributed by atoms with Crippen LogP contribution in [0.25, 0.3) is 0 Å². The van der Waals surface area contributed by atoms with Crippen LogP contribution >= 0.6 is 23.2 Å². The molecule has 0 fully saturated rings. The fourth-order valence-electron chi connectivity index (χ4n) is 1.90. The number of ether oxygens (including phenoxy) is 2. The van der Waals surface area contributed by atoms with Gasteiger partial charge in [-0.05, 0) is 6.92 Å². The van der Waals surface area contributed by atoms with Gasteiger partial charge in [-0.3, -0.25) is 0 Å². The van der Waals surface area contributed by atoms with E-state index in [0.29, 0.717) is 11.1 Å². The fourth-order valence-corrected chi connectivity index (χ4v) is 2.36. The van der Waals surface area contributed by atoms with Crippen molar-refractivity contribution in [2.45, 2.75) is 18.1 Å². The lowest BCUT2D eigenvalue weighted by molar-refractivity contribution is -0.143. The Morgan fingerprint density at radius 2 is 1.28 bits per heavy atom. The van der Waals surface area contributed by atoms with Gasteiger partial charge in [0, 0.05) is 22.8 Å². The molecule has 0 aliphatic rings. The van der Waals surface area contributed by atoms with E-state index in [4.69, 9.17) is 32.7 Å². The van der Waals surface area contributed by atoms with Crippen LogP contribution in [0.5, 0.6) is 0 Å². The second kappa shape index (κ2) is 9.25. The van der Waals surface area contributed by atoms with Gasteiger partial charge < -0.3 is 9.47 Å². The molecule has 130 valence electrons. The van der Waals surface area contributed by atoms with Gasteiger partial charge in [-0.1, -0.05) is 83.9 Å². The third-order valence-electron chi connectivity index (χ3n) is 3.21. The van der Waals surface area contributed by atoms with Crippen LogP contribution in [0.15, 0.2) is 72.3 Å². The molecule has 0 aromatic heterocycles. The van der Waals surface area contributed by atoms with Gasteiger partial charge in [0.25, 0.3) is 0 Å². The highest BCUT2D eigenvalue weighted by Gasteiger charge is 2.17. The number of esters is 2. The SMILES string of the molecule is CC(=CC(=O)OC(Cl)c1ccccc1)C(=O)OC(Cl)c1ccccc1. The Balaban J connectivity index is 1.93. The van der Waals surface area contributed by atoms with Gasteiger partial charge in [-0.2, -0.15) is 0 Å². The van der Waals surface area contributed by atoms with Crippen molar-refractivity contribution in [1.82, 2.24) is 0 Å². The minimum absolute atomic E-state index is 0.0588. The van der Waals surface area contributed by atoms with Crippen molar-refractivity contribution in [3.63, 3.8) is 0 Å². The van der Waals surface area contributed by atoms with Crippen molar-refractivity contribution in [2.75, 3.05) is 0 Å². The largest absolute Gasteiger partial charge is 0.438 e. The molecule has 2 atom stereocenters. The maximum atomic E-state index is 12.0. The molecule has 2 aromatic carbocycles. The predicted molar refractivity (Wildman–Crippen MR) is 96.0 cm³/mol. The number of halogens is 2. The summed E-state index contributed by atoms with van der Waals surface area (Å²) in [5, 5.41) is 0. The molecule has 0 aliphatic carbocycles. The van der Waals surface area contributed by atoms with Gasteiger partial charge in [0.2, 0.25) is 11.1 Å². The number of carbonyl (C=O) groups is 2. The highest BCUT2D eigenvalue weighted by atomic mass is 35.5. The average Bonchev–Trinajstić information content (AvgIpc) is 2.62. The van der Waals surface area contributed by atoms with Crippen LogP contribution in [0.2, 0.25) is 0 Å². The van der Waals surface area contributed by atoms with Gasteiger partial charge in [-0.25, -0.2) is 9.59 Å². The second-order valence-corrected chi connectivity index (χ2v) is 5.92. The van der Waals surface area contributed by atoms with E-state index in [9.17, 15) is 9.59 Å². The van der Waals surface area contributed by atoms with E-state index >= 15 is 0 Å². The van der Waals surface area contributed by atoms with E-state index in [1.807, 2.05) is 12.1 Å². The first-order valence-electron chi connectivity index (χ1n) is 7.45. The Morgan fingerprint density at radius 1 is 0.840 bits per heavy atom. The summed E-state index contributed by atoms with van der Waals surface area (Å²) in [5.74, 6) is -1.46. The van der Waals surface area contributed by atoms with E-state index in [-0.39, 0.29) is 5.57 Å². The number of alkyl halides is 2. The second-order valence-electron chi connectivity index (χ2n) is 5.12. The molecule has 0 heterocycles. The third-order valence-corrected chi connectivity index (χ3v) is 3.89. The summed E-state index contributed by atoms with van der Waals surface area (Å²) in [6.45, 7) is 1.43. The molecular formula is C19H16Cl2O4. The summed E-state index contributed by atoms with van der Waals surface area (Å²) in [7, 11) is 0. The van der Waals surface area contributed by atoms with E-state index in [1.54, 1.807) is 48.5 Å². The fraction of sp³-hybridized carbons (Fsp3) is 0.158. The first-order valence-corrected chi connectivity index (χ1v) is 8.32. The Morgan fingerprint density at radius 3 is 1.76 bits per heavy atom. The molecule has 0 saturated heterocycles. The molecule has 2 rings (SSSR count). The van der Waals surface area contributed by atoms with Gasteiger partial charge in [0.15, 0.2) is 0 Å².